The highest BCUT2D eigenvalue weighted by Crippen LogP contribution is 2.36. The Labute approximate surface area is 134 Å². The van der Waals surface area contributed by atoms with Crippen LogP contribution in [0.25, 0.3) is 0 Å². The number of rotatable bonds is 5. The second kappa shape index (κ2) is 7.10. The number of piperidine rings is 1. The van der Waals surface area contributed by atoms with E-state index < -0.39 is 0 Å². The van der Waals surface area contributed by atoms with Gasteiger partial charge in [-0.3, -0.25) is 0 Å². The first-order valence-corrected chi connectivity index (χ1v) is 9.23. The first kappa shape index (κ1) is 16.8. The van der Waals surface area contributed by atoms with E-state index in [0.717, 1.165) is 25.6 Å². The van der Waals surface area contributed by atoms with Crippen molar-refractivity contribution in [1.82, 2.24) is 10.3 Å². The smallest absolute Gasteiger partial charge is 0.185 e. The van der Waals surface area contributed by atoms with Crippen LogP contribution >= 0.6 is 11.3 Å². The van der Waals surface area contributed by atoms with Gasteiger partial charge in [0.05, 0.1) is 5.69 Å². The van der Waals surface area contributed by atoms with Crippen molar-refractivity contribution in [2.45, 2.75) is 59.9 Å². The molecular formula is C17H31N3S. The van der Waals surface area contributed by atoms with Crippen LogP contribution in [-0.2, 0) is 0 Å². The van der Waals surface area contributed by atoms with Crippen molar-refractivity contribution in [2.24, 2.45) is 11.3 Å². The molecule has 1 fully saturated rings. The zero-order chi connectivity index (χ0) is 15.5. The fourth-order valence-corrected chi connectivity index (χ4v) is 4.00. The zero-order valence-corrected chi connectivity index (χ0v) is 15.1. The third kappa shape index (κ3) is 4.43. The number of hydrogen-bond donors (Lipinski definition) is 1. The number of aromatic nitrogens is 1. The molecule has 0 aliphatic carbocycles. The predicted octanol–water partition coefficient (Wildman–Crippen LogP) is 4.47. The van der Waals surface area contributed by atoms with E-state index in [1.54, 1.807) is 11.3 Å². The van der Waals surface area contributed by atoms with Crippen LogP contribution in [0.2, 0.25) is 0 Å². The van der Waals surface area contributed by atoms with Gasteiger partial charge in [0.1, 0.15) is 0 Å². The maximum absolute atomic E-state index is 4.86. The molecule has 2 heterocycles. The van der Waals surface area contributed by atoms with E-state index in [1.165, 1.54) is 30.1 Å². The minimum Gasteiger partial charge on any atom is -0.348 e. The van der Waals surface area contributed by atoms with Gasteiger partial charge in [0.25, 0.3) is 0 Å². The molecule has 1 unspecified atom stereocenters. The molecule has 0 bridgehead atoms. The summed E-state index contributed by atoms with van der Waals surface area (Å²) in [5, 5.41) is 6.95. The van der Waals surface area contributed by atoms with Gasteiger partial charge in [-0.2, -0.15) is 0 Å². The molecule has 1 N–H and O–H groups in total. The Bertz CT molecular complexity index is 427. The monoisotopic (exact) mass is 309 g/mol. The molecule has 1 aliphatic heterocycles. The Morgan fingerprint density at radius 1 is 1.38 bits per heavy atom. The molecule has 0 spiro atoms. The van der Waals surface area contributed by atoms with E-state index in [-0.39, 0.29) is 0 Å². The Kier molecular flexibility index (Phi) is 5.67. The summed E-state index contributed by atoms with van der Waals surface area (Å²) >= 11 is 1.80. The molecule has 1 aromatic rings. The molecule has 3 nitrogen and oxygen atoms in total. The lowest BCUT2D eigenvalue weighted by Gasteiger charge is -2.38. The number of anilines is 1. The molecule has 1 atom stereocenters. The Hall–Kier alpha value is -0.610. The normalized spacial score (nSPS) is 19.0. The van der Waals surface area contributed by atoms with Crippen molar-refractivity contribution >= 4 is 16.5 Å². The summed E-state index contributed by atoms with van der Waals surface area (Å²) in [6.07, 6.45) is 3.76. The summed E-state index contributed by atoms with van der Waals surface area (Å²) < 4.78 is 0. The maximum Gasteiger partial charge on any atom is 0.185 e. The summed E-state index contributed by atoms with van der Waals surface area (Å²) in [6.45, 7) is 14.9. The van der Waals surface area contributed by atoms with Crippen molar-refractivity contribution in [1.29, 1.82) is 0 Å². The SMILES string of the molecule is CCCNC(C)c1csc(N2CCC(C(C)(C)C)CC2)n1. The quantitative estimate of drug-likeness (QED) is 0.870. The van der Waals surface area contributed by atoms with E-state index >= 15 is 0 Å². The Balaban J connectivity index is 1.91. The average Bonchev–Trinajstić information content (AvgIpc) is 2.94. The van der Waals surface area contributed by atoms with Crippen molar-refractivity contribution in [3.63, 3.8) is 0 Å². The summed E-state index contributed by atoms with van der Waals surface area (Å²) in [4.78, 5) is 7.33. The topological polar surface area (TPSA) is 28.2 Å². The second-order valence-corrected chi connectivity index (χ2v) is 8.19. The van der Waals surface area contributed by atoms with Crippen molar-refractivity contribution in [3.05, 3.63) is 11.1 Å². The minimum atomic E-state index is 0.363. The van der Waals surface area contributed by atoms with Gasteiger partial charge in [0.2, 0.25) is 0 Å². The standard InChI is InChI=1S/C17H31N3S/c1-6-9-18-13(2)15-12-21-16(19-15)20-10-7-14(8-11-20)17(3,4)5/h12-14,18H,6-11H2,1-5H3. The summed E-state index contributed by atoms with van der Waals surface area (Å²) in [5.74, 6) is 0.846. The van der Waals surface area contributed by atoms with Gasteiger partial charge in [-0.05, 0) is 44.1 Å². The Morgan fingerprint density at radius 3 is 2.62 bits per heavy atom. The molecule has 0 saturated carbocycles. The van der Waals surface area contributed by atoms with Crippen LogP contribution < -0.4 is 10.2 Å². The molecule has 1 saturated heterocycles. The third-order valence-corrected chi connectivity index (χ3v) is 5.56. The molecule has 0 radical (unpaired) electrons. The van der Waals surface area contributed by atoms with Crippen LogP contribution in [0.4, 0.5) is 5.13 Å². The van der Waals surface area contributed by atoms with Gasteiger partial charge in [-0.15, -0.1) is 11.3 Å². The van der Waals surface area contributed by atoms with Gasteiger partial charge in [0, 0.05) is 24.5 Å². The molecule has 4 heteroatoms. The number of hydrogen-bond acceptors (Lipinski definition) is 4. The molecule has 0 aromatic carbocycles. The summed E-state index contributed by atoms with van der Waals surface area (Å²) in [7, 11) is 0. The van der Waals surface area contributed by atoms with Gasteiger partial charge >= 0.3 is 0 Å². The minimum absolute atomic E-state index is 0.363. The van der Waals surface area contributed by atoms with E-state index in [4.69, 9.17) is 4.98 Å². The van der Waals surface area contributed by atoms with E-state index in [9.17, 15) is 0 Å². The third-order valence-electron chi connectivity index (χ3n) is 4.64. The highest BCUT2D eigenvalue weighted by Gasteiger charge is 2.29. The molecular weight excluding hydrogens is 278 g/mol. The second-order valence-electron chi connectivity index (χ2n) is 7.36. The Morgan fingerprint density at radius 2 is 2.05 bits per heavy atom. The van der Waals surface area contributed by atoms with Crippen LogP contribution in [0.5, 0.6) is 0 Å². The lowest BCUT2D eigenvalue weighted by atomic mass is 9.75. The van der Waals surface area contributed by atoms with Crippen LogP contribution in [0.1, 0.15) is 65.6 Å². The van der Waals surface area contributed by atoms with E-state index in [2.05, 4.69) is 50.2 Å². The maximum atomic E-state index is 4.86. The van der Waals surface area contributed by atoms with Gasteiger partial charge in [-0.1, -0.05) is 27.7 Å². The van der Waals surface area contributed by atoms with Gasteiger partial charge < -0.3 is 10.2 Å². The lowest BCUT2D eigenvalue weighted by molar-refractivity contribution is 0.199. The molecule has 2 rings (SSSR count). The first-order valence-electron chi connectivity index (χ1n) is 8.35. The highest BCUT2D eigenvalue weighted by atomic mass is 32.1. The van der Waals surface area contributed by atoms with Crippen molar-refractivity contribution in [2.75, 3.05) is 24.5 Å². The molecule has 1 aliphatic rings. The van der Waals surface area contributed by atoms with Crippen LogP contribution in [-0.4, -0.2) is 24.6 Å². The van der Waals surface area contributed by atoms with Crippen LogP contribution in [0.3, 0.4) is 0 Å². The van der Waals surface area contributed by atoms with Gasteiger partial charge in [-0.25, -0.2) is 4.98 Å². The van der Waals surface area contributed by atoms with Crippen LogP contribution in [0, 0.1) is 11.3 Å². The van der Waals surface area contributed by atoms with E-state index in [1.807, 2.05) is 0 Å². The fraction of sp³-hybridized carbons (Fsp3) is 0.824. The summed E-state index contributed by atoms with van der Waals surface area (Å²) in [6, 6.07) is 0.363. The largest absolute Gasteiger partial charge is 0.348 e. The summed E-state index contributed by atoms with van der Waals surface area (Å²) in [5.41, 5.74) is 1.64. The van der Waals surface area contributed by atoms with Crippen molar-refractivity contribution in [3.8, 4) is 0 Å². The highest BCUT2D eigenvalue weighted by molar-refractivity contribution is 7.13. The molecule has 0 amide bonds. The number of nitrogens with one attached hydrogen (secondary N) is 1. The zero-order valence-electron chi connectivity index (χ0n) is 14.3. The van der Waals surface area contributed by atoms with Crippen molar-refractivity contribution < 1.29 is 0 Å². The first-order chi connectivity index (χ1) is 9.91. The predicted molar refractivity (Wildman–Crippen MR) is 93.2 cm³/mol. The van der Waals surface area contributed by atoms with E-state index in [0.29, 0.717) is 11.5 Å². The molecule has 120 valence electrons. The fourth-order valence-electron chi connectivity index (χ4n) is 3.02. The van der Waals surface area contributed by atoms with Gasteiger partial charge in [0.15, 0.2) is 5.13 Å². The average molecular weight is 310 g/mol. The lowest BCUT2D eigenvalue weighted by Crippen LogP contribution is -2.38. The number of thiazole rings is 1. The molecule has 1 aromatic heterocycles. The molecule has 21 heavy (non-hydrogen) atoms. The van der Waals surface area contributed by atoms with Crippen LogP contribution in [0.15, 0.2) is 5.38 Å². The number of nitrogens with zero attached hydrogens (tertiary/aromatic N) is 2.